The van der Waals surface area contributed by atoms with Crippen molar-refractivity contribution in [2.24, 2.45) is 0 Å². The van der Waals surface area contributed by atoms with Crippen molar-refractivity contribution in [2.45, 2.75) is 19.9 Å². The Hall–Kier alpha value is -2.41. The van der Waals surface area contributed by atoms with Crippen molar-refractivity contribution < 1.29 is 9.90 Å². The summed E-state index contributed by atoms with van der Waals surface area (Å²) in [5.41, 5.74) is 1.59. The summed E-state index contributed by atoms with van der Waals surface area (Å²) < 4.78 is 1.67. The molecule has 0 saturated heterocycles. The van der Waals surface area contributed by atoms with E-state index in [4.69, 9.17) is 5.11 Å². The molecule has 1 aromatic carbocycles. The number of hydrogen-bond donors (Lipinski definition) is 2. The maximum atomic E-state index is 12.1. The lowest BCUT2D eigenvalue weighted by atomic mass is 10.2. The summed E-state index contributed by atoms with van der Waals surface area (Å²) in [5, 5.41) is 20.0. The van der Waals surface area contributed by atoms with Gasteiger partial charge in [-0.2, -0.15) is 0 Å². The van der Waals surface area contributed by atoms with Gasteiger partial charge in [0.05, 0.1) is 24.5 Å². The number of carbonyl (C=O) groups is 1. The van der Waals surface area contributed by atoms with Crippen LogP contribution in [0.5, 0.6) is 0 Å². The number of amides is 2. The van der Waals surface area contributed by atoms with Gasteiger partial charge in [0.15, 0.2) is 0 Å². The Labute approximate surface area is 129 Å². The third-order valence-electron chi connectivity index (χ3n) is 3.35. The molecule has 2 aromatic rings. The number of rotatable bonds is 6. The summed E-state index contributed by atoms with van der Waals surface area (Å²) in [7, 11) is 0. The maximum absolute atomic E-state index is 12.1. The molecule has 0 radical (unpaired) electrons. The lowest BCUT2D eigenvalue weighted by Crippen LogP contribution is -2.42. The van der Waals surface area contributed by atoms with E-state index in [1.165, 1.54) is 4.90 Å². The minimum atomic E-state index is -0.266. The van der Waals surface area contributed by atoms with Crippen LogP contribution in [0, 0.1) is 0 Å². The van der Waals surface area contributed by atoms with E-state index in [1.54, 1.807) is 10.9 Å². The molecule has 1 aromatic heterocycles. The standard InChI is InChI=1S/C15H21N5O2/c1-3-19(9-10-21)15(22)16-12(2)14-11-20(18-17-14)13-7-5-4-6-8-13/h4-8,11-12,21H,3,9-10H2,1-2H3,(H,16,22). The van der Waals surface area contributed by atoms with Crippen LogP contribution >= 0.6 is 0 Å². The Bertz CT molecular complexity index is 599. The zero-order valence-electron chi connectivity index (χ0n) is 12.8. The third-order valence-corrected chi connectivity index (χ3v) is 3.35. The number of urea groups is 1. The number of aliphatic hydroxyl groups excluding tert-OH is 1. The molecule has 0 aliphatic rings. The number of benzene rings is 1. The second-order valence-corrected chi connectivity index (χ2v) is 4.90. The highest BCUT2D eigenvalue weighted by Gasteiger charge is 2.17. The molecule has 1 unspecified atom stereocenters. The van der Waals surface area contributed by atoms with Crippen molar-refractivity contribution in [1.29, 1.82) is 0 Å². The lowest BCUT2D eigenvalue weighted by Gasteiger charge is -2.22. The molecule has 0 fully saturated rings. The average molecular weight is 303 g/mol. The predicted octanol–water partition coefficient (Wildman–Crippen LogP) is 1.35. The highest BCUT2D eigenvalue weighted by Crippen LogP contribution is 2.12. The van der Waals surface area contributed by atoms with E-state index in [2.05, 4.69) is 15.6 Å². The van der Waals surface area contributed by atoms with Gasteiger partial charge in [-0.1, -0.05) is 23.4 Å². The van der Waals surface area contributed by atoms with Crippen molar-refractivity contribution in [3.8, 4) is 5.69 Å². The molecule has 0 aliphatic carbocycles. The number of likely N-dealkylation sites (N-methyl/N-ethyl adjacent to an activating group) is 1. The van der Waals surface area contributed by atoms with Gasteiger partial charge in [-0.05, 0) is 26.0 Å². The number of aliphatic hydroxyl groups is 1. The minimum Gasteiger partial charge on any atom is -0.395 e. The highest BCUT2D eigenvalue weighted by molar-refractivity contribution is 5.74. The summed E-state index contributed by atoms with van der Waals surface area (Å²) in [6, 6.07) is 9.16. The Balaban J connectivity index is 2.03. The molecule has 1 heterocycles. The Morgan fingerprint density at radius 3 is 2.77 bits per heavy atom. The zero-order chi connectivity index (χ0) is 15.9. The van der Waals surface area contributed by atoms with Crippen molar-refractivity contribution in [2.75, 3.05) is 19.7 Å². The molecule has 22 heavy (non-hydrogen) atoms. The molecule has 1 atom stereocenters. The second-order valence-electron chi connectivity index (χ2n) is 4.90. The van der Waals surface area contributed by atoms with Gasteiger partial charge in [0.25, 0.3) is 0 Å². The van der Waals surface area contributed by atoms with Crippen LogP contribution in [0.2, 0.25) is 0 Å². The molecule has 7 nitrogen and oxygen atoms in total. The summed E-state index contributed by atoms with van der Waals surface area (Å²) >= 11 is 0. The number of nitrogens with one attached hydrogen (secondary N) is 1. The van der Waals surface area contributed by atoms with Crippen LogP contribution in [0.4, 0.5) is 4.79 Å². The fourth-order valence-electron chi connectivity index (χ4n) is 2.06. The SMILES string of the molecule is CCN(CCO)C(=O)NC(C)c1cn(-c2ccccc2)nn1. The van der Waals surface area contributed by atoms with E-state index >= 15 is 0 Å². The summed E-state index contributed by atoms with van der Waals surface area (Å²) in [5.74, 6) is 0. The molecule has 118 valence electrons. The molecular weight excluding hydrogens is 282 g/mol. The smallest absolute Gasteiger partial charge is 0.317 e. The molecule has 0 bridgehead atoms. The highest BCUT2D eigenvalue weighted by atomic mass is 16.3. The summed E-state index contributed by atoms with van der Waals surface area (Å²) in [6.45, 7) is 4.51. The largest absolute Gasteiger partial charge is 0.395 e. The molecule has 2 rings (SSSR count). The van der Waals surface area contributed by atoms with Gasteiger partial charge in [0.2, 0.25) is 0 Å². The van der Waals surface area contributed by atoms with Gasteiger partial charge >= 0.3 is 6.03 Å². The first kappa shape index (κ1) is 16.0. The first-order valence-electron chi connectivity index (χ1n) is 7.29. The van der Waals surface area contributed by atoms with E-state index < -0.39 is 0 Å². The van der Waals surface area contributed by atoms with E-state index in [9.17, 15) is 4.79 Å². The molecule has 2 N–H and O–H groups in total. The number of hydrogen-bond acceptors (Lipinski definition) is 4. The molecule has 7 heteroatoms. The van der Waals surface area contributed by atoms with E-state index in [-0.39, 0.29) is 18.7 Å². The maximum Gasteiger partial charge on any atom is 0.317 e. The minimum absolute atomic E-state index is 0.0557. The van der Waals surface area contributed by atoms with Gasteiger partial charge in [0, 0.05) is 13.1 Å². The van der Waals surface area contributed by atoms with Crippen LogP contribution in [0.15, 0.2) is 36.5 Å². The van der Waals surface area contributed by atoms with Crippen LogP contribution in [0.3, 0.4) is 0 Å². The summed E-state index contributed by atoms with van der Waals surface area (Å²) in [6.07, 6.45) is 1.79. The Morgan fingerprint density at radius 2 is 2.14 bits per heavy atom. The Kier molecular flexibility index (Phi) is 5.48. The van der Waals surface area contributed by atoms with Crippen LogP contribution in [0.25, 0.3) is 5.69 Å². The quantitative estimate of drug-likeness (QED) is 0.844. The fourth-order valence-corrected chi connectivity index (χ4v) is 2.06. The first-order valence-corrected chi connectivity index (χ1v) is 7.29. The van der Waals surface area contributed by atoms with E-state index in [0.717, 1.165) is 5.69 Å². The van der Waals surface area contributed by atoms with Crippen molar-refractivity contribution in [1.82, 2.24) is 25.2 Å². The number of para-hydroxylation sites is 1. The van der Waals surface area contributed by atoms with Crippen LogP contribution in [0.1, 0.15) is 25.6 Å². The first-order chi connectivity index (χ1) is 10.7. The summed E-state index contributed by atoms with van der Waals surface area (Å²) in [4.78, 5) is 13.6. The van der Waals surface area contributed by atoms with E-state index in [0.29, 0.717) is 18.8 Å². The van der Waals surface area contributed by atoms with Gasteiger partial charge < -0.3 is 15.3 Å². The number of aromatic nitrogens is 3. The van der Waals surface area contributed by atoms with Crippen LogP contribution < -0.4 is 5.32 Å². The van der Waals surface area contributed by atoms with Crippen molar-refractivity contribution in [3.05, 3.63) is 42.2 Å². The number of carbonyl (C=O) groups excluding carboxylic acids is 1. The molecule has 0 saturated carbocycles. The zero-order valence-corrected chi connectivity index (χ0v) is 12.8. The van der Waals surface area contributed by atoms with Gasteiger partial charge in [0.1, 0.15) is 5.69 Å². The molecular formula is C15H21N5O2. The number of nitrogens with zero attached hydrogens (tertiary/aromatic N) is 4. The third kappa shape index (κ3) is 3.82. The van der Waals surface area contributed by atoms with Gasteiger partial charge in [-0.25, -0.2) is 9.48 Å². The topological polar surface area (TPSA) is 83.3 Å². The van der Waals surface area contributed by atoms with Crippen molar-refractivity contribution in [3.63, 3.8) is 0 Å². The second kappa shape index (κ2) is 7.56. The van der Waals surface area contributed by atoms with Gasteiger partial charge in [-0.3, -0.25) is 0 Å². The molecule has 0 aliphatic heterocycles. The predicted molar refractivity (Wildman–Crippen MR) is 82.6 cm³/mol. The Morgan fingerprint density at radius 1 is 1.41 bits per heavy atom. The monoisotopic (exact) mass is 303 g/mol. The van der Waals surface area contributed by atoms with Crippen LogP contribution in [-0.2, 0) is 0 Å². The van der Waals surface area contributed by atoms with Crippen LogP contribution in [-0.4, -0.2) is 50.7 Å². The fraction of sp³-hybridized carbons (Fsp3) is 0.400. The van der Waals surface area contributed by atoms with Crippen molar-refractivity contribution >= 4 is 6.03 Å². The average Bonchev–Trinajstić information content (AvgIpc) is 3.03. The van der Waals surface area contributed by atoms with E-state index in [1.807, 2.05) is 44.2 Å². The van der Waals surface area contributed by atoms with Gasteiger partial charge in [-0.15, -0.1) is 5.10 Å². The normalized spacial score (nSPS) is 12.0. The molecule has 2 amide bonds. The molecule has 0 spiro atoms. The lowest BCUT2D eigenvalue weighted by molar-refractivity contribution is 0.177.